The van der Waals surface area contributed by atoms with E-state index in [1.54, 1.807) is 0 Å². The molecule has 0 heterocycles. The average molecular weight is 252 g/mol. The van der Waals surface area contributed by atoms with E-state index in [4.69, 9.17) is 11.6 Å². The second-order valence-corrected chi connectivity index (χ2v) is 4.93. The Morgan fingerprint density at radius 2 is 2.12 bits per heavy atom. The Kier molecular flexibility index (Phi) is 6.31. The monoisotopic (exact) mass is 251 g/mol. The molecule has 94 valence electrons. The van der Waals surface area contributed by atoms with E-state index in [0.717, 1.165) is 30.8 Å². The van der Waals surface area contributed by atoms with Crippen LogP contribution in [-0.2, 0) is 0 Å². The summed E-state index contributed by atoms with van der Waals surface area (Å²) in [6.45, 7) is 9.23. The Morgan fingerprint density at radius 3 is 2.71 bits per heavy atom. The number of hydrogen-bond donors (Lipinski definition) is 1. The minimum Gasteiger partial charge on any atom is -0.310 e. The van der Waals surface area contributed by atoms with Crippen LogP contribution in [0.5, 0.6) is 0 Å². The summed E-state index contributed by atoms with van der Waals surface area (Å²) in [4.78, 5) is 0. The lowest BCUT2D eigenvalue weighted by atomic mass is 9.99. The SMILES string of the molecule is C=C(C)CCC(NCCC)c1ccccc1Cl. The van der Waals surface area contributed by atoms with Gasteiger partial charge in [-0.25, -0.2) is 0 Å². The lowest BCUT2D eigenvalue weighted by Crippen LogP contribution is -2.22. The first-order valence-electron chi connectivity index (χ1n) is 6.27. The fourth-order valence-electron chi connectivity index (χ4n) is 1.83. The van der Waals surface area contributed by atoms with E-state index in [-0.39, 0.29) is 0 Å². The summed E-state index contributed by atoms with van der Waals surface area (Å²) in [5, 5.41) is 4.41. The van der Waals surface area contributed by atoms with E-state index >= 15 is 0 Å². The summed E-state index contributed by atoms with van der Waals surface area (Å²) < 4.78 is 0. The second-order valence-electron chi connectivity index (χ2n) is 4.52. The van der Waals surface area contributed by atoms with Crippen molar-refractivity contribution in [3.63, 3.8) is 0 Å². The van der Waals surface area contributed by atoms with Crippen molar-refractivity contribution in [1.82, 2.24) is 5.32 Å². The van der Waals surface area contributed by atoms with Gasteiger partial charge in [-0.1, -0.05) is 42.3 Å². The predicted octanol–water partition coefficient (Wildman–Crippen LogP) is 4.74. The summed E-state index contributed by atoms with van der Waals surface area (Å²) in [6.07, 6.45) is 3.22. The first kappa shape index (κ1) is 14.3. The lowest BCUT2D eigenvalue weighted by Gasteiger charge is -2.20. The molecule has 1 rings (SSSR count). The van der Waals surface area contributed by atoms with Gasteiger partial charge in [0.1, 0.15) is 0 Å². The predicted molar refractivity (Wildman–Crippen MR) is 76.5 cm³/mol. The van der Waals surface area contributed by atoms with Gasteiger partial charge in [-0.3, -0.25) is 0 Å². The summed E-state index contributed by atoms with van der Waals surface area (Å²) in [6, 6.07) is 8.41. The zero-order valence-corrected chi connectivity index (χ0v) is 11.6. The summed E-state index contributed by atoms with van der Waals surface area (Å²) >= 11 is 6.25. The lowest BCUT2D eigenvalue weighted by molar-refractivity contribution is 0.499. The highest BCUT2D eigenvalue weighted by Gasteiger charge is 2.13. The molecule has 0 saturated heterocycles. The second kappa shape index (κ2) is 7.52. The minimum absolute atomic E-state index is 0.334. The molecule has 0 spiro atoms. The largest absolute Gasteiger partial charge is 0.310 e. The number of benzene rings is 1. The average Bonchev–Trinajstić information content (AvgIpc) is 2.30. The van der Waals surface area contributed by atoms with Gasteiger partial charge >= 0.3 is 0 Å². The van der Waals surface area contributed by atoms with Crippen molar-refractivity contribution in [2.24, 2.45) is 0 Å². The molecule has 1 aromatic rings. The van der Waals surface area contributed by atoms with Crippen LogP contribution >= 0.6 is 11.6 Å². The molecule has 0 saturated carbocycles. The number of nitrogens with one attached hydrogen (secondary N) is 1. The fraction of sp³-hybridized carbons (Fsp3) is 0.467. The first-order valence-corrected chi connectivity index (χ1v) is 6.65. The highest BCUT2D eigenvalue weighted by atomic mass is 35.5. The zero-order valence-electron chi connectivity index (χ0n) is 10.8. The van der Waals surface area contributed by atoms with Crippen molar-refractivity contribution in [2.75, 3.05) is 6.54 Å². The molecule has 0 fully saturated rings. The van der Waals surface area contributed by atoms with Gasteiger partial charge in [-0.15, -0.1) is 6.58 Å². The first-order chi connectivity index (χ1) is 8.15. The molecule has 0 bridgehead atoms. The van der Waals surface area contributed by atoms with Gasteiger partial charge in [0.05, 0.1) is 0 Å². The van der Waals surface area contributed by atoms with Crippen molar-refractivity contribution in [3.05, 3.63) is 47.0 Å². The topological polar surface area (TPSA) is 12.0 Å². The molecule has 1 aromatic carbocycles. The third-order valence-corrected chi connectivity index (χ3v) is 3.13. The molecule has 0 aliphatic carbocycles. The fourth-order valence-corrected chi connectivity index (χ4v) is 2.10. The molecule has 1 N–H and O–H groups in total. The molecule has 0 aliphatic heterocycles. The maximum atomic E-state index is 6.25. The molecule has 0 radical (unpaired) electrons. The van der Waals surface area contributed by atoms with Crippen LogP contribution in [0.25, 0.3) is 0 Å². The van der Waals surface area contributed by atoms with Crippen LogP contribution in [0.4, 0.5) is 0 Å². The number of allylic oxidation sites excluding steroid dienone is 1. The highest BCUT2D eigenvalue weighted by Crippen LogP contribution is 2.26. The Bertz CT molecular complexity index is 360. The van der Waals surface area contributed by atoms with Gasteiger partial charge in [0.25, 0.3) is 0 Å². The maximum absolute atomic E-state index is 6.25. The van der Waals surface area contributed by atoms with E-state index in [0.29, 0.717) is 6.04 Å². The van der Waals surface area contributed by atoms with Crippen molar-refractivity contribution in [3.8, 4) is 0 Å². The van der Waals surface area contributed by atoms with Crippen LogP contribution in [0.15, 0.2) is 36.4 Å². The van der Waals surface area contributed by atoms with Crippen molar-refractivity contribution in [2.45, 2.75) is 39.2 Å². The van der Waals surface area contributed by atoms with E-state index in [2.05, 4.69) is 31.8 Å². The standard InChI is InChI=1S/C15H22ClN/c1-4-11-17-15(10-9-12(2)3)13-7-5-6-8-14(13)16/h5-8,15,17H,2,4,9-11H2,1,3H3. The summed E-state index contributed by atoms with van der Waals surface area (Å²) in [5.41, 5.74) is 2.42. The Morgan fingerprint density at radius 1 is 1.41 bits per heavy atom. The van der Waals surface area contributed by atoms with Gasteiger partial charge in [0.15, 0.2) is 0 Å². The third-order valence-electron chi connectivity index (χ3n) is 2.78. The van der Waals surface area contributed by atoms with Gasteiger partial charge in [-0.05, 0) is 44.4 Å². The van der Waals surface area contributed by atoms with Gasteiger partial charge in [0, 0.05) is 11.1 Å². The molecular weight excluding hydrogens is 230 g/mol. The minimum atomic E-state index is 0.334. The molecule has 1 unspecified atom stereocenters. The number of rotatable bonds is 7. The van der Waals surface area contributed by atoms with Gasteiger partial charge < -0.3 is 5.32 Å². The van der Waals surface area contributed by atoms with Gasteiger partial charge in [0.2, 0.25) is 0 Å². The molecule has 0 aromatic heterocycles. The zero-order chi connectivity index (χ0) is 12.7. The summed E-state index contributed by atoms with van der Waals surface area (Å²) in [7, 11) is 0. The van der Waals surface area contributed by atoms with Crippen LogP contribution in [0.3, 0.4) is 0 Å². The number of hydrogen-bond acceptors (Lipinski definition) is 1. The van der Waals surface area contributed by atoms with Crippen LogP contribution in [0.1, 0.15) is 44.7 Å². The highest BCUT2D eigenvalue weighted by molar-refractivity contribution is 6.31. The molecule has 2 heteroatoms. The van der Waals surface area contributed by atoms with Crippen LogP contribution in [0, 0.1) is 0 Å². The van der Waals surface area contributed by atoms with Crippen LogP contribution in [-0.4, -0.2) is 6.54 Å². The normalized spacial score (nSPS) is 12.4. The third kappa shape index (κ3) is 4.93. The van der Waals surface area contributed by atoms with E-state index in [9.17, 15) is 0 Å². The van der Waals surface area contributed by atoms with Crippen LogP contribution in [0.2, 0.25) is 5.02 Å². The Labute approximate surface area is 110 Å². The number of halogens is 1. The van der Waals surface area contributed by atoms with Crippen molar-refractivity contribution >= 4 is 11.6 Å². The molecule has 1 atom stereocenters. The van der Waals surface area contributed by atoms with E-state index in [1.807, 2.05) is 18.2 Å². The Hall–Kier alpha value is -0.790. The molecule has 17 heavy (non-hydrogen) atoms. The van der Waals surface area contributed by atoms with Gasteiger partial charge in [-0.2, -0.15) is 0 Å². The van der Waals surface area contributed by atoms with Crippen LogP contribution < -0.4 is 5.32 Å². The molecule has 0 amide bonds. The molecular formula is C15H22ClN. The Balaban J connectivity index is 2.74. The van der Waals surface area contributed by atoms with Crippen molar-refractivity contribution in [1.29, 1.82) is 0 Å². The summed E-state index contributed by atoms with van der Waals surface area (Å²) in [5.74, 6) is 0. The quantitative estimate of drug-likeness (QED) is 0.691. The smallest absolute Gasteiger partial charge is 0.0453 e. The molecule has 1 nitrogen and oxygen atoms in total. The van der Waals surface area contributed by atoms with E-state index in [1.165, 1.54) is 11.1 Å². The maximum Gasteiger partial charge on any atom is 0.0453 e. The molecule has 0 aliphatic rings. The van der Waals surface area contributed by atoms with Crippen molar-refractivity contribution < 1.29 is 0 Å². The van der Waals surface area contributed by atoms with E-state index < -0.39 is 0 Å².